The van der Waals surface area contributed by atoms with Gasteiger partial charge in [-0.1, -0.05) is 60.9 Å². The van der Waals surface area contributed by atoms with Crippen molar-refractivity contribution in [1.29, 1.82) is 0 Å². The summed E-state index contributed by atoms with van der Waals surface area (Å²) in [4.78, 5) is 21.8. The van der Waals surface area contributed by atoms with E-state index >= 15 is 0 Å². The number of hydrogen-bond acceptors (Lipinski definition) is 7. The molecule has 1 aromatic carbocycles. The first-order valence-corrected chi connectivity index (χ1v) is 11.8. The van der Waals surface area contributed by atoms with Crippen molar-refractivity contribution in [3.63, 3.8) is 0 Å². The first-order chi connectivity index (χ1) is 13.6. The maximum absolute atomic E-state index is 12.6. The smallest absolute Gasteiger partial charge is 0.344 e. The van der Waals surface area contributed by atoms with E-state index in [1.807, 2.05) is 6.26 Å². The summed E-state index contributed by atoms with van der Waals surface area (Å²) < 4.78 is 5.07. The Bertz CT molecular complexity index is 823. The summed E-state index contributed by atoms with van der Waals surface area (Å²) in [6, 6.07) is 8.72. The first kappa shape index (κ1) is 21.0. The molecule has 0 amide bonds. The van der Waals surface area contributed by atoms with E-state index in [1.54, 1.807) is 11.8 Å². The van der Waals surface area contributed by atoms with Gasteiger partial charge in [-0.15, -0.1) is 11.8 Å². The molecule has 150 valence electrons. The van der Waals surface area contributed by atoms with Crippen molar-refractivity contribution in [3.8, 4) is 0 Å². The minimum absolute atomic E-state index is 0.344. The lowest BCUT2D eigenvalue weighted by Gasteiger charge is -2.24. The molecule has 1 saturated carbocycles. The van der Waals surface area contributed by atoms with E-state index in [9.17, 15) is 4.79 Å². The molecule has 2 aromatic rings. The third-order valence-corrected chi connectivity index (χ3v) is 6.43. The van der Waals surface area contributed by atoms with Gasteiger partial charge >= 0.3 is 5.97 Å². The molecule has 0 spiro atoms. The first-order valence-electron chi connectivity index (χ1n) is 9.60. The van der Waals surface area contributed by atoms with Crippen LogP contribution in [-0.4, -0.2) is 35.3 Å². The van der Waals surface area contributed by atoms with Gasteiger partial charge in [0.25, 0.3) is 0 Å². The van der Waals surface area contributed by atoms with Crippen molar-refractivity contribution < 1.29 is 9.53 Å². The third kappa shape index (κ3) is 5.41. The predicted molar refractivity (Wildman–Crippen MR) is 116 cm³/mol. The highest BCUT2D eigenvalue weighted by Crippen LogP contribution is 2.32. The number of carbonyl (C=O) groups is 1. The van der Waals surface area contributed by atoms with Crippen molar-refractivity contribution in [2.24, 2.45) is 0 Å². The lowest BCUT2D eigenvalue weighted by molar-refractivity contribution is 0.0596. The van der Waals surface area contributed by atoms with Gasteiger partial charge in [0.15, 0.2) is 5.16 Å². The quantitative estimate of drug-likeness (QED) is 0.283. The Morgan fingerprint density at radius 1 is 1.25 bits per heavy atom. The number of nitrogens with one attached hydrogen (secondary N) is 1. The van der Waals surface area contributed by atoms with Gasteiger partial charge in [0.2, 0.25) is 0 Å². The summed E-state index contributed by atoms with van der Waals surface area (Å²) in [5.41, 5.74) is 2.87. The van der Waals surface area contributed by atoms with Gasteiger partial charge in [0.05, 0.1) is 7.11 Å². The monoisotopic (exact) mass is 417 g/mol. The fraction of sp³-hybridized carbons (Fsp3) is 0.476. The topological polar surface area (TPSA) is 64.1 Å². The van der Waals surface area contributed by atoms with Crippen molar-refractivity contribution in [2.75, 3.05) is 18.7 Å². The average molecular weight is 418 g/mol. The fourth-order valence-corrected chi connectivity index (χ4v) is 4.78. The largest absolute Gasteiger partial charge is 0.465 e. The summed E-state index contributed by atoms with van der Waals surface area (Å²) in [7, 11) is 1.41. The second-order valence-corrected chi connectivity index (χ2v) is 8.73. The highest BCUT2D eigenvalue weighted by atomic mass is 32.2. The van der Waals surface area contributed by atoms with E-state index < -0.39 is 5.97 Å². The highest BCUT2D eigenvalue weighted by molar-refractivity contribution is 7.99. The number of ether oxygens (including phenoxy) is 1. The van der Waals surface area contributed by atoms with Crippen molar-refractivity contribution >= 4 is 35.3 Å². The number of hydrogen-bond donors (Lipinski definition) is 1. The molecular weight excluding hydrogens is 390 g/mol. The molecule has 0 saturated heterocycles. The Hall–Kier alpha value is -1.73. The third-order valence-electron chi connectivity index (χ3n) is 4.83. The molecule has 1 fully saturated rings. The van der Waals surface area contributed by atoms with Crippen LogP contribution in [0.1, 0.15) is 53.6 Å². The van der Waals surface area contributed by atoms with Gasteiger partial charge in [-0.05, 0) is 31.6 Å². The lowest BCUT2D eigenvalue weighted by atomic mass is 9.95. The van der Waals surface area contributed by atoms with Gasteiger partial charge in [-0.25, -0.2) is 14.8 Å². The Morgan fingerprint density at radius 2 is 2.04 bits per heavy atom. The van der Waals surface area contributed by atoms with Crippen LogP contribution < -0.4 is 5.32 Å². The molecule has 5 nitrogen and oxygen atoms in total. The zero-order chi connectivity index (χ0) is 19.9. The number of nitrogens with zero attached hydrogens (tertiary/aromatic N) is 2. The number of esters is 1. The van der Waals surface area contributed by atoms with Gasteiger partial charge in [-0.2, -0.15) is 0 Å². The van der Waals surface area contributed by atoms with Crippen LogP contribution in [-0.2, 0) is 10.5 Å². The molecule has 0 atom stereocenters. The number of rotatable bonds is 7. The van der Waals surface area contributed by atoms with Gasteiger partial charge in [-0.3, -0.25) is 0 Å². The van der Waals surface area contributed by atoms with Crippen LogP contribution in [0.5, 0.6) is 0 Å². The molecule has 3 rings (SSSR count). The summed E-state index contributed by atoms with van der Waals surface area (Å²) in [6.07, 6.45) is 7.85. The van der Waals surface area contributed by atoms with Gasteiger partial charge < -0.3 is 10.1 Å². The van der Waals surface area contributed by atoms with E-state index in [-0.39, 0.29) is 0 Å². The molecule has 0 aliphatic heterocycles. The minimum Gasteiger partial charge on any atom is -0.465 e. The molecule has 1 aliphatic carbocycles. The highest BCUT2D eigenvalue weighted by Gasteiger charge is 2.24. The van der Waals surface area contributed by atoms with Crippen LogP contribution in [0.4, 0.5) is 5.82 Å². The SMILES string of the molecule is COC(=O)c1c(NC2CCCCC2)nc(SC)nc1SCc1cccc(C)c1. The Balaban J connectivity index is 1.91. The number of methoxy groups -OCH3 is 1. The number of benzene rings is 1. The zero-order valence-electron chi connectivity index (χ0n) is 16.7. The number of anilines is 1. The van der Waals surface area contributed by atoms with Crippen LogP contribution in [0.3, 0.4) is 0 Å². The van der Waals surface area contributed by atoms with Crippen LogP contribution in [0.15, 0.2) is 34.4 Å². The Morgan fingerprint density at radius 3 is 2.71 bits per heavy atom. The van der Waals surface area contributed by atoms with Gasteiger partial charge in [0.1, 0.15) is 16.4 Å². The molecule has 0 unspecified atom stereocenters. The number of aryl methyl sites for hydroxylation is 1. The van der Waals surface area contributed by atoms with E-state index in [4.69, 9.17) is 4.74 Å². The molecule has 1 N–H and O–H groups in total. The molecule has 1 aromatic heterocycles. The van der Waals surface area contributed by atoms with Gasteiger partial charge in [0, 0.05) is 11.8 Å². The van der Waals surface area contributed by atoms with Crippen LogP contribution >= 0.6 is 23.5 Å². The van der Waals surface area contributed by atoms with E-state index in [2.05, 4.69) is 46.5 Å². The summed E-state index contributed by atoms with van der Waals surface area (Å²) >= 11 is 3.04. The van der Waals surface area contributed by atoms with E-state index in [0.717, 1.165) is 18.6 Å². The van der Waals surface area contributed by atoms with E-state index in [1.165, 1.54) is 49.3 Å². The molecule has 1 aliphatic rings. The summed E-state index contributed by atoms with van der Waals surface area (Å²) in [6.45, 7) is 2.08. The minimum atomic E-state index is -0.391. The second-order valence-electron chi connectivity index (χ2n) is 6.99. The molecule has 0 bridgehead atoms. The number of aromatic nitrogens is 2. The maximum Gasteiger partial charge on any atom is 0.344 e. The van der Waals surface area contributed by atoms with Crippen molar-refractivity contribution in [1.82, 2.24) is 9.97 Å². The summed E-state index contributed by atoms with van der Waals surface area (Å²) in [5.74, 6) is 0.946. The molecule has 7 heteroatoms. The standard InChI is InChI=1S/C21H27N3O2S2/c1-14-8-7-9-15(12-14)13-28-19-17(20(25)26-2)18(23-21(24-19)27-3)22-16-10-5-4-6-11-16/h7-9,12,16H,4-6,10-11,13H2,1-3H3,(H,22,23,24). The van der Waals surface area contributed by atoms with Crippen LogP contribution in [0, 0.1) is 6.92 Å². The van der Waals surface area contributed by atoms with Crippen molar-refractivity contribution in [3.05, 3.63) is 41.0 Å². The predicted octanol–water partition coefficient (Wildman–Crippen LogP) is 5.33. The Kier molecular flexibility index (Phi) is 7.62. The zero-order valence-corrected chi connectivity index (χ0v) is 18.3. The molecule has 1 heterocycles. The number of thioether (sulfide) groups is 2. The molecule has 0 radical (unpaired) electrons. The molecular formula is C21H27N3O2S2. The van der Waals surface area contributed by atoms with Crippen molar-refractivity contribution in [2.45, 2.75) is 61.0 Å². The maximum atomic E-state index is 12.6. The fourth-order valence-electron chi connectivity index (χ4n) is 3.40. The number of carbonyl (C=O) groups excluding carboxylic acids is 1. The average Bonchev–Trinajstić information content (AvgIpc) is 2.72. The van der Waals surface area contributed by atoms with E-state index in [0.29, 0.717) is 27.6 Å². The lowest BCUT2D eigenvalue weighted by Crippen LogP contribution is -2.25. The Labute approximate surface area is 175 Å². The second kappa shape index (κ2) is 10.2. The van der Waals surface area contributed by atoms with Crippen LogP contribution in [0.25, 0.3) is 0 Å². The summed E-state index contributed by atoms with van der Waals surface area (Å²) in [5, 5.41) is 4.85. The van der Waals surface area contributed by atoms with Crippen LogP contribution in [0.2, 0.25) is 0 Å². The normalized spacial score (nSPS) is 14.7. The molecule has 28 heavy (non-hydrogen) atoms.